The van der Waals surface area contributed by atoms with Crippen molar-refractivity contribution < 1.29 is 26.0 Å². The van der Waals surface area contributed by atoms with Crippen LogP contribution in [0.3, 0.4) is 0 Å². The molecule has 0 spiro atoms. The van der Waals surface area contributed by atoms with Crippen LogP contribution in [0.2, 0.25) is 0 Å². The van der Waals surface area contributed by atoms with Gasteiger partial charge in [-0.15, -0.1) is 0 Å². The highest BCUT2D eigenvalue weighted by Gasteiger charge is 2.34. The van der Waals surface area contributed by atoms with Crippen LogP contribution < -0.4 is 0 Å². The Kier molecular flexibility index (Phi) is 5.59. The second-order valence-electron chi connectivity index (χ2n) is 6.65. The van der Waals surface area contributed by atoms with Crippen molar-refractivity contribution in [1.29, 1.82) is 0 Å². The van der Waals surface area contributed by atoms with Crippen molar-refractivity contribution in [1.82, 2.24) is 14.1 Å². The first-order chi connectivity index (χ1) is 13.5. The van der Waals surface area contributed by atoms with Gasteiger partial charge in [0, 0.05) is 7.05 Å². The fourth-order valence-corrected chi connectivity index (χ4v) is 4.67. The van der Waals surface area contributed by atoms with Crippen LogP contribution in [0.4, 0.5) is 13.2 Å². The molecule has 3 aromatic rings. The predicted octanol–water partition coefficient (Wildman–Crippen LogP) is 3.98. The van der Waals surface area contributed by atoms with E-state index < -0.39 is 21.8 Å². The van der Waals surface area contributed by atoms with Crippen LogP contribution in [0.1, 0.15) is 28.3 Å². The first-order valence-corrected chi connectivity index (χ1v) is 10.1. The number of benzene rings is 1. The van der Waals surface area contributed by atoms with Gasteiger partial charge in [-0.3, -0.25) is 4.68 Å². The average Bonchev–Trinajstić information content (AvgIpc) is 3.22. The number of hydrogen-bond donors (Lipinski definition) is 0. The minimum Gasteiger partial charge on any atom is -0.468 e. The van der Waals surface area contributed by atoms with Gasteiger partial charge in [-0.2, -0.15) is 22.6 Å². The molecule has 1 aromatic carbocycles. The third-order valence-electron chi connectivity index (χ3n) is 4.58. The quantitative estimate of drug-likeness (QED) is 0.597. The highest BCUT2D eigenvalue weighted by Crippen LogP contribution is 2.33. The maximum Gasteiger partial charge on any atom is 0.416 e. The molecule has 2 heterocycles. The van der Waals surface area contributed by atoms with E-state index >= 15 is 0 Å². The normalized spacial score (nSPS) is 12.7. The van der Waals surface area contributed by atoms with E-state index in [1.54, 1.807) is 12.1 Å². The van der Waals surface area contributed by atoms with Crippen LogP contribution in [-0.2, 0) is 29.3 Å². The number of nitrogens with zero attached hydrogens (tertiary/aromatic N) is 3. The van der Waals surface area contributed by atoms with E-state index in [1.807, 2.05) is 0 Å². The summed E-state index contributed by atoms with van der Waals surface area (Å²) in [5.41, 5.74) is -0.269. The Bertz CT molecular complexity index is 1100. The topological polar surface area (TPSA) is 68.3 Å². The van der Waals surface area contributed by atoms with Gasteiger partial charge in [-0.05, 0) is 37.6 Å². The molecule has 0 radical (unpaired) electrons. The monoisotopic (exact) mass is 427 g/mol. The fraction of sp³-hybridized carbons (Fsp3) is 0.316. The van der Waals surface area contributed by atoms with Crippen LogP contribution in [0.25, 0.3) is 0 Å². The molecule has 0 unspecified atom stereocenters. The molecule has 0 bridgehead atoms. The number of alkyl halides is 3. The number of sulfonamides is 1. The second-order valence-corrected chi connectivity index (χ2v) is 8.63. The van der Waals surface area contributed by atoms with Gasteiger partial charge in [-0.1, -0.05) is 18.2 Å². The van der Waals surface area contributed by atoms with E-state index in [9.17, 15) is 21.6 Å². The fourth-order valence-electron chi connectivity index (χ4n) is 3.17. The number of aromatic nitrogens is 2. The molecule has 0 saturated carbocycles. The van der Waals surface area contributed by atoms with Gasteiger partial charge in [0.2, 0.25) is 10.0 Å². The maximum atomic E-state index is 13.3. The van der Waals surface area contributed by atoms with Crippen molar-refractivity contribution in [3.8, 4) is 0 Å². The lowest BCUT2D eigenvalue weighted by molar-refractivity contribution is -0.138. The molecule has 0 fully saturated rings. The number of furan rings is 1. The van der Waals surface area contributed by atoms with E-state index in [4.69, 9.17) is 4.42 Å². The molecule has 29 heavy (non-hydrogen) atoms. The first kappa shape index (κ1) is 21.1. The molecule has 10 heteroatoms. The molecule has 0 saturated heterocycles. The minimum absolute atomic E-state index is 0.0125. The van der Waals surface area contributed by atoms with Gasteiger partial charge < -0.3 is 4.42 Å². The van der Waals surface area contributed by atoms with Crippen molar-refractivity contribution in [3.05, 3.63) is 70.9 Å². The standard InChI is InChI=1S/C19H20F3N3O3S/c1-13-18(29(26,27)24(3)12-16-8-6-10-28-16)14(2)25(23-13)11-15-7-4-5-9-17(15)19(20,21)22/h4-10H,11-12H2,1-3H3. The Hall–Kier alpha value is -2.59. The molecule has 0 N–H and O–H groups in total. The average molecular weight is 427 g/mol. The van der Waals surface area contributed by atoms with Crippen molar-refractivity contribution >= 4 is 10.0 Å². The second kappa shape index (κ2) is 7.68. The molecule has 156 valence electrons. The van der Waals surface area contributed by atoms with Crippen LogP contribution in [0.5, 0.6) is 0 Å². The summed E-state index contributed by atoms with van der Waals surface area (Å²) in [5.74, 6) is 0.470. The molecule has 0 atom stereocenters. The van der Waals surface area contributed by atoms with E-state index in [-0.39, 0.29) is 34.9 Å². The zero-order valence-corrected chi connectivity index (χ0v) is 16.9. The molecule has 0 aliphatic heterocycles. The van der Waals surface area contributed by atoms with Crippen LogP contribution in [-0.4, -0.2) is 29.6 Å². The summed E-state index contributed by atoms with van der Waals surface area (Å²) in [7, 11) is -2.51. The number of hydrogen-bond acceptors (Lipinski definition) is 4. The number of halogens is 3. The van der Waals surface area contributed by atoms with E-state index in [0.717, 1.165) is 10.4 Å². The van der Waals surface area contributed by atoms with Gasteiger partial charge in [-0.25, -0.2) is 8.42 Å². The minimum atomic E-state index is -4.51. The summed E-state index contributed by atoms with van der Waals surface area (Å²) < 4.78 is 73.5. The van der Waals surface area contributed by atoms with Crippen LogP contribution in [0.15, 0.2) is 52.0 Å². The van der Waals surface area contributed by atoms with Gasteiger partial charge in [0.25, 0.3) is 0 Å². The van der Waals surface area contributed by atoms with E-state index in [2.05, 4.69) is 5.10 Å². The highest BCUT2D eigenvalue weighted by molar-refractivity contribution is 7.89. The van der Waals surface area contributed by atoms with Crippen molar-refractivity contribution in [2.24, 2.45) is 0 Å². The Labute approximate surface area is 166 Å². The van der Waals surface area contributed by atoms with Gasteiger partial charge >= 0.3 is 6.18 Å². The molecular weight excluding hydrogens is 407 g/mol. The van der Waals surface area contributed by atoms with Crippen LogP contribution >= 0.6 is 0 Å². The lowest BCUT2D eigenvalue weighted by atomic mass is 10.1. The summed E-state index contributed by atoms with van der Waals surface area (Å²) in [6.07, 6.45) is -3.06. The molecule has 0 aliphatic carbocycles. The highest BCUT2D eigenvalue weighted by atomic mass is 32.2. The van der Waals surface area contributed by atoms with Crippen molar-refractivity contribution in [2.75, 3.05) is 7.05 Å². The molecule has 0 aliphatic rings. The number of rotatable bonds is 6. The zero-order valence-electron chi connectivity index (χ0n) is 16.1. The van der Waals surface area contributed by atoms with Gasteiger partial charge in [0.1, 0.15) is 10.7 Å². The SMILES string of the molecule is Cc1nn(Cc2ccccc2C(F)(F)F)c(C)c1S(=O)(=O)N(C)Cc1ccco1. The third kappa shape index (κ3) is 4.23. The summed E-state index contributed by atoms with van der Waals surface area (Å²) in [6, 6.07) is 8.48. The lowest BCUT2D eigenvalue weighted by Gasteiger charge is -2.16. The molecular formula is C19H20F3N3O3S. The third-order valence-corrected chi connectivity index (χ3v) is 6.64. The molecule has 3 rings (SSSR count). The Morgan fingerprint density at radius 3 is 2.45 bits per heavy atom. The molecule has 6 nitrogen and oxygen atoms in total. The largest absolute Gasteiger partial charge is 0.468 e. The molecule has 2 aromatic heterocycles. The Morgan fingerprint density at radius 1 is 1.14 bits per heavy atom. The Morgan fingerprint density at radius 2 is 1.83 bits per heavy atom. The van der Waals surface area contributed by atoms with Gasteiger partial charge in [0.15, 0.2) is 0 Å². The van der Waals surface area contributed by atoms with Crippen LogP contribution in [0, 0.1) is 13.8 Å². The first-order valence-electron chi connectivity index (χ1n) is 8.69. The molecule has 0 amide bonds. The predicted molar refractivity (Wildman–Crippen MR) is 99.6 cm³/mol. The number of aryl methyl sites for hydroxylation is 1. The van der Waals surface area contributed by atoms with E-state index in [1.165, 1.54) is 50.0 Å². The summed E-state index contributed by atoms with van der Waals surface area (Å²) in [5, 5.41) is 4.19. The summed E-state index contributed by atoms with van der Waals surface area (Å²) >= 11 is 0. The zero-order chi connectivity index (χ0) is 21.4. The van der Waals surface area contributed by atoms with Gasteiger partial charge in [0.05, 0.1) is 36.3 Å². The summed E-state index contributed by atoms with van der Waals surface area (Å²) in [4.78, 5) is -0.0176. The summed E-state index contributed by atoms with van der Waals surface area (Å²) in [6.45, 7) is 2.88. The van der Waals surface area contributed by atoms with Crippen molar-refractivity contribution in [2.45, 2.75) is 38.0 Å². The van der Waals surface area contributed by atoms with E-state index in [0.29, 0.717) is 5.76 Å². The van der Waals surface area contributed by atoms with Crippen molar-refractivity contribution in [3.63, 3.8) is 0 Å². The smallest absolute Gasteiger partial charge is 0.416 e. The lowest BCUT2D eigenvalue weighted by Crippen LogP contribution is -2.27. The maximum absolute atomic E-state index is 13.3. The Balaban J connectivity index is 1.95.